The fourth-order valence-electron chi connectivity index (χ4n) is 1.86. The number of hydrogen-bond acceptors (Lipinski definition) is 2. The summed E-state index contributed by atoms with van der Waals surface area (Å²) in [4.78, 5) is 0. The number of benzene rings is 2. The van der Waals surface area contributed by atoms with Gasteiger partial charge in [0.05, 0.1) is 12.2 Å². The van der Waals surface area contributed by atoms with Crippen LogP contribution in [0.25, 0.3) is 0 Å². The molecule has 0 radical (unpaired) electrons. The van der Waals surface area contributed by atoms with E-state index < -0.39 is 11.7 Å². The summed E-state index contributed by atoms with van der Waals surface area (Å²) in [6.45, 7) is 2.45. The Morgan fingerprint density at radius 1 is 0.909 bits per heavy atom. The minimum absolute atomic E-state index is 0.143. The standard InChI is InChI=1S/C17H17F3O2/c1-2-8-21-15-9-14(17(18,19)20)10-16(11-15)22-12-13-6-4-3-5-7-13/h3-7,9-11H,2,8,12H2,1H3. The summed E-state index contributed by atoms with van der Waals surface area (Å²) in [5, 5.41) is 0. The van der Waals surface area contributed by atoms with Gasteiger partial charge in [0.15, 0.2) is 0 Å². The van der Waals surface area contributed by atoms with Crippen LogP contribution >= 0.6 is 0 Å². The first-order chi connectivity index (χ1) is 10.5. The molecule has 0 amide bonds. The first kappa shape index (κ1) is 16.2. The quantitative estimate of drug-likeness (QED) is 0.741. The molecule has 0 spiro atoms. The number of halogens is 3. The van der Waals surface area contributed by atoms with Crippen LogP contribution in [0.2, 0.25) is 0 Å². The van der Waals surface area contributed by atoms with E-state index >= 15 is 0 Å². The first-order valence-electron chi connectivity index (χ1n) is 7.01. The molecule has 0 saturated heterocycles. The Hall–Kier alpha value is -2.17. The van der Waals surface area contributed by atoms with Crippen molar-refractivity contribution in [3.63, 3.8) is 0 Å². The van der Waals surface area contributed by atoms with Crippen molar-refractivity contribution in [1.82, 2.24) is 0 Å². The lowest BCUT2D eigenvalue weighted by Crippen LogP contribution is -2.07. The second kappa shape index (κ2) is 7.20. The molecule has 2 aromatic rings. The Morgan fingerprint density at radius 2 is 1.55 bits per heavy atom. The average molecular weight is 310 g/mol. The summed E-state index contributed by atoms with van der Waals surface area (Å²) < 4.78 is 49.5. The molecule has 5 heteroatoms. The molecule has 0 N–H and O–H groups in total. The van der Waals surface area contributed by atoms with Gasteiger partial charge in [-0.15, -0.1) is 0 Å². The van der Waals surface area contributed by atoms with Crippen molar-refractivity contribution >= 4 is 0 Å². The van der Waals surface area contributed by atoms with Crippen LogP contribution in [0.4, 0.5) is 13.2 Å². The predicted molar refractivity (Wildman–Crippen MR) is 78.0 cm³/mol. The van der Waals surface area contributed by atoms with Gasteiger partial charge in [0.25, 0.3) is 0 Å². The highest BCUT2D eigenvalue weighted by molar-refractivity contribution is 5.40. The van der Waals surface area contributed by atoms with E-state index in [1.165, 1.54) is 6.07 Å². The Kier molecular flexibility index (Phi) is 5.31. The van der Waals surface area contributed by atoms with Crippen LogP contribution in [0.5, 0.6) is 11.5 Å². The molecule has 118 valence electrons. The van der Waals surface area contributed by atoms with Crippen LogP contribution in [0.3, 0.4) is 0 Å². The smallest absolute Gasteiger partial charge is 0.416 e. The van der Waals surface area contributed by atoms with Crippen LogP contribution < -0.4 is 9.47 Å². The topological polar surface area (TPSA) is 18.5 Å². The van der Waals surface area contributed by atoms with Gasteiger partial charge in [-0.3, -0.25) is 0 Å². The summed E-state index contributed by atoms with van der Waals surface area (Å²) in [5.41, 5.74) is 0.111. The van der Waals surface area contributed by atoms with Crippen LogP contribution in [-0.4, -0.2) is 6.61 Å². The highest BCUT2D eigenvalue weighted by Crippen LogP contribution is 2.35. The van der Waals surface area contributed by atoms with Gasteiger partial charge < -0.3 is 9.47 Å². The lowest BCUT2D eigenvalue weighted by atomic mass is 10.2. The number of hydrogen-bond donors (Lipinski definition) is 0. The van der Waals surface area contributed by atoms with Crippen LogP contribution in [0.15, 0.2) is 48.5 Å². The molecule has 0 aliphatic rings. The van der Waals surface area contributed by atoms with Gasteiger partial charge >= 0.3 is 6.18 Å². The number of rotatable bonds is 6. The molecule has 0 bridgehead atoms. The normalized spacial score (nSPS) is 11.3. The molecule has 0 saturated carbocycles. The maximum Gasteiger partial charge on any atom is 0.416 e. The van der Waals surface area contributed by atoms with Gasteiger partial charge in [0.2, 0.25) is 0 Å². The zero-order valence-corrected chi connectivity index (χ0v) is 12.2. The lowest BCUT2D eigenvalue weighted by Gasteiger charge is -2.14. The third-order valence-electron chi connectivity index (χ3n) is 2.93. The van der Waals surface area contributed by atoms with Gasteiger partial charge in [-0.1, -0.05) is 37.3 Å². The predicted octanol–water partition coefficient (Wildman–Crippen LogP) is 5.07. The molecule has 0 atom stereocenters. The van der Waals surface area contributed by atoms with Crippen molar-refractivity contribution in [2.45, 2.75) is 26.1 Å². The van der Waals surface area contributed by atoms with Gasteiger partial charge in [0.1, 0.15) is 18.1 Å². The zero-order valence-electron chi connectivity index (χ0n) is 12.2. The number of ether oxygens (including phenoxy) is 2. The van der Waals surface area contributed by atoms with E-state index in [-0.39, 0.29) is 18.1 Å². The van der Waals surface area contributed by atoms with Crippen LogP contribution in [-0.2, 0) is 12.8 Å². The van der Waals surface area contributed by atoms with Crippen molar-refractivity contribution in [2.75, 3.05) is 6.61 Å². The SMILES string of the molecule is CCCOc1cc(OCc2ccccc2)cc(C(F)(F)F)c1. The van der Waals surface area contributed by atoms with E-state index in [0.717, 1.165) is 24.1 Å². The summed E-state index contributed by atoms with van der Waals surface area (Å²) in [7, 11) is 0. The molecule has 0 heterocycles. The zero-order chi connectivity index (χ0) is 16.0. The van der Waals surface area contributed by atoms with E-state index in [1.54, 1.807) is 0 Å². The maximum atomic E-state index is 12.9. The summed E-state index contributed by atoms with van der Waals surface area (Å²) >= 11 is 0. The molecule has 0 fully saturated rings. The first-order valence-corrected chi connectivity index (χ1v) is 7.01. The number of alkyl halides is 3. The summed E-state index contributed by atoms with van der Waals surface area (Å²) in [5.74, 6) is 0.310. The fraction of sp³-hybridized carbons (Fsp3) is 0.294. The molecule has 0 unspecified atom stereocenters. The molecule has 22 heavy (non-hydrogen) atoms. The molecule has 0 aliphatic heterocycles. The Balaban J connectivity index is 2.18. The molecule has 0 aromatic heterocycles. The van der Waals surface area contributed by atoms with Crippen molar-refractivity contribution in [1.29, 1.82) is 0 Å². The van der Waals surface area contributed by atoms with E-state index in [0.29, 0.717) is 6.61 Å². The van der Waals surface area contributed by atoms with E-state index in [2.05, 4.69) is 0 Å². The van der Waals surface area contributed by atoms with Crippen molar-refractivity contribution < 1.29 is 22.6 Å². The molecular weight excluding hydrogens is 293 g/mol. The van der Waals surface area contributed by atoms with Crippen molar-refractivity contribution in [3.05, 3.63) is 59.7 Å². The van der Waals surface area contributed by atoms with Gasteiger partial charge in [-0.2, -0.15) is 13.2 Å². The van der Waals surface area contributed by atoms with E-state index in [9.17, 15) is 13.2 Å². The molecule has 2 rings (SSSR count). The summed E-state index contributed by atoms with van der Waals surface area (Å²) in [6, 6.07) is 12.7. The highest BCUT2D eigenvalue weighted by Gasteiger charge is 2.31. The maximum absolute atomic E-state index is 12.9. The van der Waals surface area contributed by atoms with Gasteiger partial charge in [-0.05, 0) is 24.1 Å². The average Bonchev–Trinajstić information content (AvgIpc) is 2.51. The van der Waals surface area contributed by atoms with Crippen LogP contribution in [0.1, 0.15) is 24.5 Å². The van der Waals surface area contributed by atoms with Crippen LogP contribution in [0, 0.1) is 0 Å². The van der Waals surface area contributed by atoms with E-state index in [1.807, 2.05) is 37.3 Å². The molecule has 2 nitrogen and oxygen atoms in total. The van der Waals surface area contributed by atoms with Gasteiger partial charge in [-0.25, -0.2) is 0 Å². The highest BCUT2D eigenvalue weighted by atomic mass is 19.4. The van der Waals surface area contributed by atoms with Gasteiger partial charge in [0, 0.05) is 6.07 Å². The molecule has 0 aliphatic carbocycles. The van der Waals surface area contributed by atoms with Crippen molar-refractivity contribution in [2.24, 2.45) is 0 Å². The largest absolute Gasteiger partial charge is 0.493 e. The molecular formula is C17H17F3O2. The minimum Gasteiger partial charge on any atom is -0.493 e. The third-order valence-corrected chi connectivity index (χ3v) is 2.93. The monoisotopic (exact) mass is 310 g/mol. The fourth-order valence-corrected chi connectivity index (χ4v) is 1.86. The molecule has 2 aromatic carbocycles. The Labute approximate surface area is 127 Å². The second-order valence-corrected chi connectivity index (χ2v) is 4.81. The summed E-state index contributed by atoms with van der Waals surface area (Å²) in [6.07, 6.45) is -3.72. The second-order valence-electron chi connectivity index (χ2n) is 4.81. The Morgan fingerprint density at radius 3 is 2.14 bits per heavy atom. The van der Waals surface area contributed by atoms with Crippen molar-refractivity contribution in [3.8, 4) is 11.5 Å². The third kappa shape index (κ3) is 4.69. The van der Waals surface area contributed by atoms with E-state index in [4.69, 9.17) is 9.47 Å². The Bertz CT molecular complexity index is 595. The lowest BCUT2D eigenvalue weighted by molar-refractivity contribution is -0.137. The minimum atomic E-state index is -4.43.